The predicted molar refractivity (Wildman–Crippen MR) is 103 cm³/mol. The fourth-order valence-electron chi connectivity index (χ4n) is 2.38. The van der Waals surface area contributed by atoms with E-state index in [4.69, 9.17) is 4.74 Å². The fourth-order valence-corrected chi connectivity index (χ4v) is 3.21. The average molecular weight is 375 g/mol. The van der Waals surface area contributed by atoms with Crippen LogP contribution in [0.1, 0.15) is 30.3 Å². The topological polar surface area (TPSA) is 73.2 Å². The first-order valence-corrected chi connectivity index (χ1v) is 9.46. The number of carbonyl (C=O) groups excluding carboxylic acids is 2. The number of nitrogens with one attached hydrogen (secondary N) is 1. The Kier molecular flexibility index (Phi) is 6.85. The standard InChI is InChI=1S/C19H25N3O3S/c1-12-6-8-16(9-7-12)26-11-10-17(23)25-15(4)19(24)20-18-13(2)21-22(5)14(18)3/h6-9,15H,10-11H2,1-5H3,(H,20,24)/t15-/m1/s1. The first kappa shape index (κ1) is 20.0. The van der Waals surface area contributed by atoms with Gasteiger partial charge in [0, 0.05) is 17.7 Å². The second-order valence-corrected chi connectivity index (χ2v) is 7.37. The number of amides is 1. The lowest BCUT2D eigenvalue weighted by molar-refractivity contribution is -0.152. The van der Waals surface area contributed by atoms with E-state index in [0.717, 1.165) is 16.3 Å². The molecule has 0 fully saturated rings. The van der Waals surface area contributed by atoms with Crippen molar-refractivity contribution in [2.45, 2.75) is 45.1 Å². The molecule has 1 aromatic carbocycles. The highest BCUT2D eigenvalue weighted by molar-refractivity contribution is 7.99. The van der Waals surface area contributed by atoms with Gasteiger partial charge in [0.25, 0.3) is 5.91 Å². The second kappa shape index (κ2) is 8.89. The largest absolute Gasteiger partial charge is 0.453 e. The molecule has 6 nitrogen and oxygen atoms in total. The number of aromatic nitrogens is 2. The SMILES string of the molecule is Cc1ccc(SCCC(=O)O[C@H](C)C(=O)Nc2c(C)nn(C)c2C)cc1. The molecule has 0 bridgehead atoms. The molecule has 2 aromatic rings. The zero-order valence-electron chi connectivity index (χ0n) is 15.8. The molecule has 0 spiro atoms. The summed E-state index contributed by atoms with van der Waals surface area (Å²) in [4.78, 5) is 25.3. The minimum Gasteiger partial charge on any atom is -0.453 e. The Labute approximate surface area is 158 Å². The van der Waals surface area contributed by atoms with E-state index in [1.54, 1.807) is 23.4 Å². The summed E-state index contributed by atoms with van der Waals surface area (Å²) in [5.41, 5.74) is 3.44. The van der Waals surface area contributed by atoms with E-state index < -0.39 is 6.10 Å². The van der Waals surface area contributed by atoms with Crippen molar-refractivity contribution in [3.05, 3.63) is 41.2 Å². The summed E-state index contributed by atoms with van der Waals surface area (Å²) in [6.45, 7) is 7.30. The summed E-state index contributed by atoms with van der Waals surface area (Å²) in [5.74, 6) is -0.132. The first-order chi connectivity index (χ1) is 12.3. The van der Waals surface area contributed by atoms with E-state index in [2.05, 4.69) is 10.4 Å². The third-order valence-electron chi connectivity index (χ3n) is 4.03. The third kappa shape index (κ3) is 5.36. The zero-order valence-corrected chi connectivity index (χ0v) is 16.6. The maximum atomic E-state index is 12.3. The number of carbonyl (C=O) groups is 2. The highest BCUT2D eigenvalue weighted by atomic mass is 32.2. The molecule has 0 saturated heterocycles. The molecule has 26 heavy (non-hydrogen) atoms. The Morgan fingerprint density at radius 1 is 1.23 bits per heavy atom. The quantitative estimate of drug-likeness (QED) is 0.593. The van der Waals surface area contributed by atoms with Gasteiger partial charge in [-0.05, 0) is 39.8 Å². The van der Waals surface area contributed by atoms with Crippen molar-refractivity contribution in [1.82, 2.24) is 9.78 Å². The van der Waals surface area contributed by atoms with Gasteiger partial charge in [-0.1, -0.05) is 17.7 Å². The number of benzene rings is 1. The molecule has 1 N–H and O–H groups in total. The highest BCUT2D eigenvalue weighted by Crippen LogP contribution is 2.20. The Hall–Kier alpha value is -2.28. The summed E-state index contributed by atoms with van der Waals surface area (Å²) >= 11 is 1.59. The number of hydrogen-bond donors (Lipinski definition) is 1. The van der Waals surface area contributed by atoms with Crippen LogP contribution in [0, 0.1) is 20.8 Å². The van der Waals surface area contributed by atoms with Gasteiger partial charge in [-0.2, -0.15) is 5.10 Å². The molecule has 7 heteroatoms. The monoisotopic (exact) mass is 375 g/mol. The third-order valence-corrected chi connectivity index (χ3v) is 5.04. The number of hydrogen-bond acceptors (Lipinski definition) is 5. The van der Waals surface area contributed by atoms with E-state index in [0.29, 0.717) is 11.4 Å². The Balaban J connectivity index is 1.78. The van der Waals surface area contributed by atoms with Gasteiger partial charge in [0.2, 0.25) is 0 Å². The molecule has 0 unspecified atom stereocenters. The van der Waals surface area contributed by atoms with Crippen LogP contribution in [0.15, 0.2) is 29.2 Å². The van der Waals surface area contributed by atoms with Crippen LogP contribution in [0.5, 0.6) is 0 Å². The van der Waals surface area contributed by atoms with Gasteiger partial charge in [-0.25, -0.2) is 0 Å². The molecule has 140 valence electrons. The summed E-state index contributed by atoms with van der Waals surface area (Å²) < 4.78 is 6.93. The summed E-state index contributed by atoms with van der Waals surface area (Å²) in [7, 11) is 1.81. The van der Waals surface area contributed by atoms with Crippen LogP contribution in [0.2, 0.25) is 0 Å². The zero-order chi connectivity index (χ0) is 19.3. The molecule has 0 saturated carbocycles. The van der Waals surface area contributed by atoms with Crippen LogP contribution in [0.3, 0.4) is 0 Å². The van der Waals surface area contributed by atoms with Crippen molar-refractivity contribution in [3.63, 3.8) is 0 Å². The van der Waals surface area contributed by atoms with Crippen LogP contribution in [-0.4, -0.2) is 33.5 Å². The predicted octanol–water partition coefficient (Wildman–Crippen LogP) is 3.40. The minimum absolute atomic E-state index is 0.251. The molecular formula is C19H25N3O3S. The summed E-state index contributed by atoms with van der Waals surface area (Å²) in [6, 6.07) is 8.13. The van der Waals surface area contributed by atoms with Crippen LogP contribution < -0.4 is 5.32 Å². The Morgan fingerprint density at radius 3 is 2.46 bits per heavy atom. The molecule has 0 aliphatic heterocycles. The van der Waals surface area contributed by atoms with Crippen molar-refractivity contribution < 1.29 is 14.3 Å². The van der Waals surface area contributed by atoms with Gasteiger partial charge < -0.3 is 10.1 Å². The number of anilines is 1. The van der Waals surface area contributed by atoms with Crippen molar-refractivity contribution in [1.29, 1.82) is 0 Å². The maximum Gasteiger partial charge on any atom is 0.307 e. The summed E-state index contributed by atoms with van der Waals surface area (Å²) in [5, 5.41) is 7.04. The lowest BCUT2D eigenvalue weighted by atomic mass is 10.2. The molecule has 2 rings (SSSR count). The van der Waals surface area contributed by atoms with Crippen molar-refractivity contribution in [3.8, 4) is 0 Å². The van der Waals surface area contributed by atoms with Gasteiger partial charge in [0.15, 0.2) is 6.10 Å². The number of thioether (sulfide) groups is 1. The van der Waals surface area contributed by atoms with Crippen LogP contribution in [-0.2, 0) is 21.4 Å². The molecule has 1 amide bonds. The van der Waals surface area contributed by atoms with Crippen LogP contribution in [0.25, 0.3) is 0 Å². The minimum atomic E-state index is -0.856. The number of ether oxygens (including phenoxy) is 1. The molecule has 0 aliphatic carbocycles. The maximum absolute atomic E-state index is 12.3. The summed E-state index contributed by atoms with van der Waals surface area (Å²) in [6.07, 6.45) is -0.605. The second-order valence-electron chi connectivity index (χ2n) is 6.20. The van der Waals surface area contributed by atoms with Gasteiger partial charge in [-0.3, -0.25) is 14.3 Å². The number of aryl methyl sites for hydroxylation is 3. The van der Waals surface area contributed by atoms with E-state index in [1.165, 1.54) is 5.56 Å². The molecule has 1 aromatic heterocycles. The molecular weight excluding hydrogens is 350 g/mol. The molecule has 1 atom stereocenters. The van der Waals surface area contributed by atoms with E-state index in [9.17, 15) is 9.59 Å². The van der Waals surface area contributed by atoms with Crippen LogP contribution >= 0.6 is 11.8 Å². The van der Waals surface area contributed by atoms with E-state index >= 15 is 0 Å². The lowest BCUT2D eigenvalue weighted by Crippen LogP contribution is -2.30. The number of rotatable bonds is 7. The van der Waals surface area contributed by atoms with Crippen molar-refractivity contribution >= 4 is 29.3 Å². The Morgan fingerprint density at radius 2 is 1.88 bits per heavy atom. The van der Waals surface area contributed by atoms with Gasteiger partial charge in [0.1, 0.15) is 0 Å². The lowest BCUT2D eigenvalue weighted by Gasteiger charge is -2.13. The van der Waals surface area contributed by atoms with E-state index in [1.807, 2.05) is 52.1 Å². The van der Waals surface area contributed by atoms with Crippen LogP contribution in [0.4, 0.5) is 5.69 Å². The molecule has 0 aliphatic rings. The smallest absolute Gasteiger partial charge is 0.307 e. The first-order valence-electron chi connectivity index (χ1n) is 8.48. The van der Waals surface area contributed by atoms with Gasteiger partial charge in [-0.15, -0.1) is 11.8 Å². The normalized spacial score (nSPS) is 11.9. The molecule has 1 heterocycles. The van der Waals surface area contributed by atoms with Gasteiger partial charge >= 0.3 is 5.97 Å². The average Bonchev–Trinajstić information content (AvgIpc) is 2.82. The fraction of sp³-hybridized carbons (Fsp3) is 0.421. The van der Waals surface area contributed by atoms with Gasteiger partial charge in [0.05, 0.1) is 23.5 Å². The number of esters is 1. The van der Waals surface area contributed by atoms with Crippen molar-refractivity contribution in [2.24, 2.45) is 7.05 Å². The molecule has 0 radical (unpaired) electrons. The van der Waals surface area contributed by atoms with Crippen molar-refractivity contribution in [2.75, 3.05) is 11.1 Å². The van der Waals surface area contributed by atoms with E-state index in [-0.39, 0.29) is 18.3 Å². The number of nitrogens with zero attached hydrogens (tertiary/aromatic N) is 2. The Bertz CT molecular complexity index is 784. The highest BCUT2D eigenvalue weighted by Gasteiger charge is 2.20.